The number of pyridine rings is 1. The predicted molar refractivity (Wildman–Crippen MR) is 79.7 cm³/mol. The normalized spacial score (nSPS) is 28.1. The number of hydrogen-bond acceptors (Lipinski definition) is 3. The smallest absolute Gasteiger partial charge is 0.255 e. The van der Waals surface area contributed by atoms with Crippen LogP contribution >= 0.6 is 0 Å². The number of anilines is 1. The minimum atomic E-state index is -0.0103. The summed E-state index contributed by atoms with van der Waals surface area (Å²) in [6.07, 6.45) is 8.48. The molecule has 2 fully saturated rings. The summed E-state index contributed by atoms with van der Waals surface area (Å²) in [6, 6.07) is 3.62. The Morgan fingerprint density at radius 3 is 3.10 bits per heavy atom. The quantitative estimate of drug-likeness (QED) is 0.887. The lowest BCUT2D eigenvalue weighted by atomic mass is 9.92. The Balaban J connectivity index is 1.59. The minimum absolute atomic E-state index is 0.0103. The van der Waals surface area contributed by atoms with Crippen LogP contribution in [0.1, 0.15) is 42.5 Å². The molecule has 3 rings (SSSR count). The molecule has 2 aliphatic carbocycles. The average Bonchev–Trinajstić information content (AvgIpc) is 3.08. The van der Waals surface area contributed by atoms with E-state index in [-0.39, 0.29) is 5.91 Å². The summed E-state index contributed by atoms with van der Waals surface area (Å²) in [5.74, 6) is 3.11. The zero-order chi connectivity index (χ0) is 13.9. The van der Waals surface area contributed by atoms with Gasteiger partial charge >= 0.3 is 0 Å². The van der Waals surface area contributed by atoms with Crippen molar-refractivity contribution in [2.75, 3.05) is 18.9 Å². The highest BCUT2D eigenvalue weighted by Crippen LogP contribution is 2.47. The molecule has 1 aromatic heterocycles. The Morgan fingerprint density at radius 1 is 1.35 bits per heavy atom. The van der Waals surface area contributed by atoms with Gasteiger partial charge in [0.1, 0.15) is 5.82 Å². The molecule has 2 N–H and O–H groups in total. The third-order valence-corrected chi connectivity index (χ3v) is 5.05. The first-order chi connectivity index (χ1) is 9.79. The highest BCUT2D eigenvalue weighted by Gasteiger charge is 2.38. The summed E-state index contributed by atoms with van der Waals surface area (Å²) < 4.78 is 0. The van der Waals surface area contributed by atoms with Crippen LogP contribution < -0.4 is 10.6 Å². The lowest BCUT2D eigenvalue weighted by Gasteiger charge is -2.19. The van der Waals surface area contributed by atoms with Gasteiger partial charge in [-0.1, -0.05) is 12.8 Å². The molecular weight excluding hydrogens is 250 g/mol. The molecule has 108 valence electrons. The van der Waals surface area contributed by atoms with Crippen molar-refractivity contribution in [2.45, 2.75) is 32.1 Å². The molecule has 0 spiro atoms. The van der Waals surface area contributed by atoms with Gasteiger partial charge in [0, 0.05) is 19.8 Å². The summed E-state index contributed by atoms with van der Waals surface area (Å²) in [6.45, 7) is 0.818. The molecule has 0 aliphatic heterocycles. The standard InChI is InChI=1S/C16H23N3O/c1-17-15-14(6-3-9-18-15)16(20)19-10-12-8-7-11-4-2-5-13(11)12/h3,6,9,11-13H,2,4-5,7-8,10H2,1H3,(H,17,18)(H,19,20)/t11-,12+,13-/m0/s1. The van der Waals surface area contributed by atoms with E-state index >= 15 is 0 Å². The number of fused-ring (bicyclic) bond motifs is 1. The van der Waals surface area contributed by atoms with Crippen LogP contribution in [0, 0.1) is 17.8 Å². The van der Waals surface area contributed by atoms with E-state index < -0.39 is 0 Å². The highest BCUT2D eigenvalue weighted by molar-refractivity contribution is 5.98. The number of rotatable bonds is 4. The Kier molecular flexibility index (Phi) is 3.90. The van der Waals surface area contributed by atoms with Crippen molar-refractivity contribution in [1.29, 1.82) is 0 Å². The third-order valence-electron chi connectivity index (χ3n) is 5.05. The van der Waals surface area contributed by atoms with Gasteiger partial charge in [-0.15, -0.1) is 0 Å². The molecule has 0 unspecified atom stereocenters. The Labute approximate surface area is 120 Å². The van der Waals surface area contributed by atoms with Crippen LogP contribution in [0.4, 0.5) is 5.82 Å². The van der Waals surface area contributed by atoms with Crippen molar-refractivity contribution >= 4 is 11.7 Å². The maximum absolute atomic E-state index is 12.3. The first-order valence-corrected chi connectivity index (χ1v) is 7.70. The van der Waals surface area contributed by atoms with Gasteiger partial charge < -0.3 is 10.6 Å². The van der Waals surface area contributed by atoms with Gasteiger partial charge in [-0.05, 0) is 49.1 Å². The number of nitrogens with one attached hydrogen (secondary N) is 2. The molecule has 0 bridgehead atoms. The summed E-state index contributed by atoms with van der Waals surface area (Å²) in [5.41, 5.74) is 0.635. The zero-order valence-electron chi connectivity index (χ0n) is 12.1. The second-order valence-electron chi connectivity index (χ2n) is 6.05. The molecule has 1 heterocycles. The van der Waals surface area contributed by atoms with Gasteiger partial charge in [0.05, 0.1) is 5.56 Å². The molecule has 0 saturated heterocycles. The third kappa shape index (κ3) is 2.51. The predicted octanol–water partition coefficient (Wildman–Crippen LogP) is 2.68. The summed E-state index contributed by atoms with van der Waals surface area (Å²) >= 11 is 0. The van der Waals surface area contributed by atoms with E-state index in [0.717, 1.165) is 18.4 Å². The fraction of sp³-hybridized carbons (Fsp3) is 0.625. The van der Waals surface area contributed by atoms with Crippen molar-refractivity contribution in [3.05, 3.63) is 23.9 Å². The van der Waals surface area contributed by atoms with E-state index in [1.807, 2.05) is 6.07 Å². The first-order valence-electron chi connectivity index (χ1n) is 7.70. The van der Waals surface area contributed by atoms with Crippen LogP contribution in [0.15, 0.2) is 18.3 Å². The fourth-order valence-electron chi connectivity index (χ4n) is 4.05. The maximum atomic E-state index is 12.3. The number of carbonyl (C=O) groups excluding carboxylic acids is 1. The largest absolute Gasteiger partial charge is 0.372 e. The Morgan fingerprint density at radius 2 is 2.25 bits per heavy atom. The van der Waals surface area contributed by atoms with Gasteiger partial charge in [-0.3, -0.25) is 4.79 Å². The number of carbonyl (C=O) groups is 1. The van der Waals surface area contributed by atoms with E-state index in [4.69, 9.17) is 0 Å². The molecule has 2 saturated carbocycles. The molecule has 2 aliphatic rings. The van der Waals surface area contributed by atoms with Gasteiger partial charge in [0.15, 0.2) is 0 Å². The van der Waals surface area contributed by atoms with Crippen molar-refractivity contribution in [1.82, 2.24) is 10.3 Å². The fourth-order valence-corrected chi connectivity index (χ4v) is 4.05. The molecule has 4 nitrogen and oxygen atoms in total. The second kappa shape index (κ2) is 5.81. The topological polar surface area (TPSA) is 54.0 Å². The monoisotopic (exact) mass is 273 g/mol. The molecule has 4 heteroatoms. The Hall–Kier alpha value is -1.58. The number of aromatic nitrogens is 1. The maximum Gasteiger partial charge on any atom is 0.255 e. The van der Waals surface area contributed by atoms with E-state index in [1.54, 1.807) is 19.3 Å². The summed E-state index contributed by atoms with van der Waals surface area (Å²) in [7, 11) is 1.79. The SMILES string of the molecule is CNc1ncccc1C(=O)NC[C@H]1CC[C@@H]2CCC[C@@H]21. The van der Waals surface area contributed by atoms with Gasteiger partial charge in [0.2, 0.25) is 0 Å². The van der Waals surface area contributed by atoms with Crippen LogP contribution in [0.2, 0.25) is 0 Å². The molecule has 0 aromatic carbocycles. The lowest BCUT2D eigenvalue weighted by molar-refractivity contribution is 0.0943. The van der Waals surface area contributed by atoms with E-state index in [2.05, 4.69) is 15.6 Å². The zero-order valence-corrected chi connectivity index (χ0v) is 12.1. The van der Waals surface area contributed by atoms with Gasteiger partial charge in [-0.25, -0.2) is 4.98 Å². The summed E-state index contributed by atoms with van der Waals surface area (Å²) in [4.78, 5) is 16.5. The minimum Gasteiger partial charge on any atom is -0.372 e. The number of amides is 1. The molecular formula is C16H23N3O. The van der Waals surface area contributed by atoms with Crippen LogP contribution in [0.3, 0.4) is 0 Å². The van der Waals surface area contributed by atoms with Crippen molar-refractivity contribution in [3.8, 4) is 0 Å². The van der Waals surface area contributed by atoms with E-state index in [0.29, 0.717) is 17.3 Å². The summed E-state index contributed by atoms with van der Waals surface area (Å²) in [5, 5.41) is 6.08. The van der Waals surface area contributed by atoms with E-state index in [9.17, 15) is 4.79 Å². The van der Waals surface area contributed by atoms with Crippen molar-refractivity contribution < 1.29 is 4.79 Å². The Bertz CT molecular complexity index is 488. The van der Waals surface area contributed by atoms with Crippen LogP contribution in [0.5, 0.6) is 0 Å². The molecule has 20 heavy (non-hydrogen) atoms. The van der Waals surface area contributed by atoms with Gasteiger partial charge in [0.25, 0.3) is 5.91 Å². The molecule has 0 radical (unpaired) electrons. The highest BCUT2D eigenvalue weighted by atomic mass is 16.1. The molecule has 1 aromatic rings. The number of nitrogens with zero attached hydrogens (tertiary/aromatic N) is 1. The lowest BCUT2D eigenvalue weighted by Crippen LogP contribution is -2.31. The van der Waals surface area contributed by atoms with Crippen LogP contribution in [-0.4, -0.2) is 24.5 Å². The van der Waals surface area contributed by atoms with Gasteiger partial charge in [-0.2, -0.15) is 0 Å². The van der Waals surface area contributed by atoms with Crippen molar-refractivity contribution in [3.63, 3.8) is 0 Å². The number of hydrogen-bond donors (Lipinski definition) is 2. The van der Waals surface area contributed by atoms with Crippen LogP contribution in [-0.2, 0) is 0 Å². The second-order valence-corrected chi connectivity index (χ2v) is 6.05. The molecule has 1 amide bonds. The van der Waals surface area contributed by atoms with E-state index in [1.165, 1.54) is 32.1 Å². The van der Waals surface area contributed by atoms with Crippen LogP contribution in [0.25, 0.3) is 0 Å². The average molecular weight is 273 g/mol. The first kappa shape index (κ1) is 13.4. The molecule has 3 atom stereocenters. The van der Waals surface area contributed by atoms with Crippen molar-refractivity contribution in [2.24, 2.45) is 17.8 Å².